The lowest BCUT2D eigenvalue weighted by Crippen LogP contribution is -2.39. The van der Waals surface area contributed by atoms with E-state index in [-0.39, 0.29) is 23.2 Å². The zero-order chi connectivity index (χ0) is 46.3. The molecule has 350 valence electrons. The summed E-state index contributed by atoms with van der Waals surface area (Å²) in [6.07, 6.45) is 6.90. The molecule has 7 rings (SSSR count). The third-order valence-corrected chi connectivity index (χ3v) is 13.2. The maximum absolute atomic E-state index is 12.9. The minimum absolute atomic E-state index is 0.0721. The number of amides is 1. The van der Waals surface area contributed by atoms with E-state index >= 15 is 0 Å². The second-order valence-corrected chi connectivity index (χ2v) is 18.6. The summed E-state index contributed by atoms with van der Waals surface area (Å²) in [5.74, 6) is 0.368. The van der Waals surface area contributed by atoms with Crippen LogP contribution in [0.2, 0.25) is 0 Å². The second kappa shape index (κ2) is 20.9. The molecule has 0 saturated carbocycles. The number of carbonyl (C=O) groups is 1. The number of hydrogen-bond donors (Lipinski definition) is 5. The predicted molar refractivity (Wildman–Crippen MR) is 238 cm³/mol. The highest BCUT2D eigenvalue weighted by Crippen LogP contribution is 2.53. The van der Waals surface area contributed by atoms with Gasteiger partial charge in [-0.25, -0.2) is 32.7 Å². The van der Waals surface area contributed by atoms with Crippen molar-refractivity contribution in [3.05, 3.63) is 70.6 Å². The highest BCUT2D eigenvalue weighted by Gasteiger charge is 2.53. The minimum atomic E-state index is -4.71. The second-order valence-electron chi connectivity index (χ2n) is 15.8. The number of nitrogens with two attached hydrogens (primary N) is 1. The van der Waals surface area contributed by atoms with E-state index in [4.69, 9.17) is 23.9 Å². The lowest BCUT2D eigenvalue weighted by molar-refractivity contribution is -0.700. The standard InChI is InChI=1S/C42H54N9O12PS/c1-3-49(4-2)30-16-13-27-22-28(41(54)62-32(27)23-30)14-15-29-17-18-31(65(57,58)59)24-50(29)21-11-7-8-12-34(52)44-19-9-5-6-10-20-45-42-48-35-38(43)46-26-47-39(35)51(42)40-36(53)37-33(61-40)25-60-64(55,56)63-37/h13-18,22-24,26,33,36-37,40,53H,3-12,19-21,25H2,1-2H3,(H5-,43,44,45,46,47,48,52,55,56,57,58,59)/t33-,36-,37-,40-/m1/s1. The third-order valence-electron chi connectivity index (χ3n) is 11.4. The van der Waals surface area contributed by atoms with Crippen molar-refractivity contribution in [3.8, 4) is 0 Å². The number of aliphatic hydroxyl groups excluding tert-OH is 1. The first kappa shape index (κ1) is 47.6. The number of aliphatic hydroxyl groups is 1. The van der Waals surface area contributed by atoms with Crippen LogP contribution in [0.1, 0.15) is 82.7 Å². The number of ether oxygens (including phenoxy) is 1. The first-order chi connectivity index (χ1) is 31.2. The van der Waals surface area contributed by atoms with Crippen LogP contribution in [-0.4, -0.2) is 99.5 Å². The summed E-state index contributed by atoms with van der Waals surface area (Å²) in [5.41, 5.74) is 8.45. The Balaban J connectivity index is 0.836. The normalized spacial score (nSPS) is 21.0. The summed E-state index contributed by atoms with van der Waals surface area (Å²) in [7, 11) is -9.04. The Morgan fingerprint density at radius 1 is 1.06 bits per heavy atom. The highest BCUT2D eigenvalue weighted by atomic mass is 32.2. The van der Waals surface area contributed by atoms with Crippen LogP contribution in [0.4, 0.5) is 17.5 Å². The predicted octanol–water partition coefficient (Wildman–Crippen LogP) is 3.85. The van der Waals surface area contributed by atoms with Crippen LogP contribution in [0.3, 0.4) is 0 Å². The molecule has 0 aliphatic carbocycles. The number of fused-ring (bicyclic) bond motifs is 3. The zero-order valence-electron chi connectivity index (χ0n) is 36.1. The van der Waals surface area contributed by atoms with E-state index in [9.17, 15) is 37.1 Å². The summed E-state index contributed by atoms with van der Waals surface area (Å²) in [6, 6.07) is 10.2. The molecule has 65 heavy (non-hydrogen) atoms. The van der Waals surface area contributed by atoms with Gasteiger partial charge in [0.1, 0.15) is 51.8 Å². The molecule has 2 fully saturated rings. The Labute approximate surface area is 375 Å². The number of nitrogens with zero attached hydrogens (tertiary/aromatic N) is 6. The van der Waals surface area contributed by atoms with Gasteiger partial charge in [0, 0.05) is 68.3 Å². The van der Waals surface area contributed by atoms with Gasteiger partial charge in [-0.1, -0.05) is 12.8 Å². The molecule has 0 spiro atoms. The van der Waals surface area contributed by atoms with E-state index in [1.54, 1.807) is 22.8 Å². The van der Waals surface area contributed by atoms with Crippen LogP contribution < -0.4 is 31.5 Å². The van der Waals surface area contributed by atoms with E-state index in [0.29, 0.717) is 79.3 Å². The first-order valence-corrected chi connectivity index (χ1v) is 24.5. The molecule has 1 aromatic carbocycles. The molecule has 6 heterocycles. The van der Waals surface area contributed by atoms with Crippen molar-refractivity contribution in [2.75, 3.05) is 48.7 Å². The van der Waals surface area contributed by atoms with Crippen molar-refractivity contribution in [2.45, 2.75) is 101 Å². The van der Waals surface area contributed by atoms with Gasteiger partial charge >= 0.3 is 13.4 Å². The van der Waals surface area contributed by atoms with Crippen LogP contribution in [-0.2, 0) is 39.8 Å². The number of unbranched alkanes of at least 4 members (excludes halogenated alkanes) is 5. The molecule has 1 amide bonds. The van der Waals surface area contributed by atoms with E-state index in [2.05, 4.69) is 44.3 Å². The van der Waals surface area contributed by atoms with E-state index in [0.717, 1.165) is 49.8 Å². The van der Waals surface area contributed by atoms with E-state index in [1.807, 2.05) is 18.2 Å². The number of imidazole rings is 1. The number of aryl methyl sites for hydroxylation is 1. The Hall–Kier alpha value is -5.32. The van der Waals surface area contributed by atoms with Crippen molar-refractivity contribution in [3.63, 3.8) is 0 Å². The van der Waals surface area contributed by atoms with Crippen molar-refractivity contribution in [1.29, 1.82) is 0 Å². The molecular formula is C42H54N9O12PS. The van der Waals surface area contributed by atoms with E-state index in [1.165, 1.54) is 29.2 Å². The summed E-state index contributed by atoms with van der Waals surface area (Å²) in [5, 5.41) is 18.0. The number of anilines is 3. The van der Waals surface area contributed by atoms with Gasteiger partial charge in [0.05, 0.1) is 12.2 Å². The molecular weight excluding hydrogens is 886 g/mol. The first-order valence-electron chi connectivity index (χ1n) is 21.6. The number of nitrogens with one attached hydrogen (secondary N) is 2. The molecule has 23 heteroatoms. The van der Waals surface area contributed by atoms with Crippen LogP contribution >= 0.6 is 7.82 Å². The van der Waals surface area contributed by atoms with Gasteiger partial charge in [-0.15, -0.1) is 0 Å². The minimum Gasteiger partial charge on any atom is -0.744 e. The maximum Gasteiger partial charge on any atom is 0.472 e. The number of hydrogen-bond acceptors (Lipinski definition) is 17. The molecule has 2 aliphatic rings. The lowest BCUT2D eigenvalue weighted by atomic mass is 10.1. The van der Waals surface area contributed by atoms with Gasteiger partial charge in [0.2, 0.25) is 17.5 Å². The topological polar surface area (TPSA) is 290 Å². The smallest absolute Gasteiger partial charge is 0.472 e. The quantitative estimate of drug-likeness (QED) is 0.0230. The fourth-order valence-corrected chi connectivity index (χ4v) is 9.38. The Morgan fingerprint density at radius 3 is 2.60 bits per heavy atom. The van der Waals surface area contributed by atoms with Crippen LogP contribution in [0, 0.1) is 0 Å². The summed E-state index contributed by atoms with van der Waals surface area (Å²) < 4.78 is 72.3. The number of rotatable bonds is 21. The summed E-state index contributed by atoms with van der Waals surface area (Å²) >= 11 is 0. The number of nitrogen functional groups attached to an aromatic ring is 1. The fraction of sp³-hybridized carbons (Fsp3) is 0.476. The summed E-state index contributed by atoms with van der Waals surface area (Å²) in [4.78, 5) is 49.9. The molecule has 21 nitrogen and oxygen atoms in total. The number of aromatic nitrogens is 5. The largest absolute Gasteiger partial charge is 0.744 e. The number of pyridine rings is 1. The average molecular weight is 940 g/mol. The maximum atomic E-state index is 12.9. The molecule has 4 aromatic heterocycles. The Morgan fingerprint density at radius 2 is 1.83 bits per heavy atom. The SMILES string of the molecule is CCN(CC)c1ccc2cc(/C=C/c3ccc(S(=O)(=O)[O-])c[n+]3CCCCCC(=O)NCCCCCCNc3nc4c(N)ncnc4n3[C@@H]3O[C@@H]4COP(=O)(O)O[C@H]4[C@H]3O)c(=O)oc2c1. The van der Waals surface area contributed by atoms with Crippen molar-refractivity contribution >= 4 is 75.6 Å². The summed E-state index contributed by atoms with van der Waals surface area (Å²) in [6.45, 7) is 6.87. The number of phosphoric acid groups is 1. The molecule has 1 unspecified atom stereocenters. The average Bonchev–Trinajstić information content (AvgIpc) is 3.79. The van der Waals surface area contributed by atoms with Gasteiger partial charge in [-0.05, 0) is 69.9 Å². The van der Waals surface area contributed by atoms with E-state index < -0.39 is 48.1 Å². The monoisotopic (exact) mass is 939 g/mol. The van der Waals surface area contributed by atoms with Crippen LogP contribution in [0.15, 0.2) is 63.0 Å². The Kier molecular flexibility index (Phi) is 15.3. The molecule has 2 saturated heterocycles. The number of carbonyl (C=O) groups excluding carboxylic acids is 1. The highest BCUT2D eigenvalue weighted by molar-refractivity contribution is 7.85. The van der Waals surface area contributed by atoms with Gasteiger partial charge in [-0.2, -0.15) is 4.57 Å². The Bertz CT molecular complexity index is 2750. The molecule has 0 radical (unpaired) electrons. The van der Waals surface area contributed by atoms with Gasteiger partial charge in [-0.3, -0.25) is 18.4 Å². The number of benzene rings is 1. The fourth-order valence-electron chi connectivity index (χ4n) is 7.93. The lowest BCUT2D eigenvalue weighted by Gasteiger charge is -2.27. The molecule has 5 atom stereocenters. The van der Waals surface area contributed by atoms with Crippen LogP contribution in [0.5, 0.6) is 0 Å². The van der Waals surface area contributed by atoms with Crippen molar-refractivity contribution in [1.82, 2.24) is 24.8 Å². The van der Waals surface area contributed by atoms with Gasteiger partial charge < -0.3 is 45.0 Å². The number of phosphoric ester groups is 1. The van der Waals surface area contributed by atoms with Crippen molar-refractivity contribution in [2.24, 2.45) is 0 Å². The molecule has 2 aliphatic heterocycles. The van der Waals surface area contributed by atoms with Gasteiger partial charge in [0.25, 0.3) is 0 Å². The van der Waals surface area contributed by atoms with Crippen LogP contribution in [0.25, 0.3) is 34.3 Å². The molecule has 6 N–H and O–H groups in total. The third kappa shape index (κ3) is 11.6. The van der Waals surface area contributed by atoms with Crippen molar-refractivity contribution < 1.29 is 55.1 Å². The zero-order valence-corrected chi connectivity index (χ0v) is 37.8. The molecule has 0 bridgehead atoms. The van der Waals surface area contributed by atoms with Gasteiger partial charge in [0.15, 0.2) is 29.4 Å². The molecule has 5 aromatic rings.